The third-order valence-electron chi connectivity index (χ3n) is 3.13. The van der Waals surface area contributed by atoms with Crippen molar-refractivity contribution in [2.75, 3.05) is 5.32 Å². The maximum absolute atomic E-state index is 11.8. The molecule has 3 amide bonds. The molecule has 0 saturated heterocycles. The molecule has 25 heavy (non-hydrogen) atoms. The van der Waals surface area contributed by atoms with Gasteiger partial charge in [0.1, 0.15) is 0 Å². The summed E-state index contributed by atoms with van der Waals surface area (Å²) in [4.78, 5) is 35.4. The minimum Gasteiger partial charge on any atom is -0.325 e. The third-order valence-corrected chi connectivity index (χ3v) is 3.69. The number of hydrogen-bond acceptors (Lipinski definition) is 3. The van der Waals surface area contributed by atoms with E-state index in [1.165, 1.54) is 6.07 Å². The predicted molar refractivity (Wildman–Crippen MR) is 96.4 cm³/mol. The maximum Gasteiger partial charge on any atom is 0.269 e. The van der Waals surface area contributed by atoms with Gasteiger partial charge in [0.05, 0.1) is 10.7 Å². The fourth-order valence-corrected chi connectivity index (χ4v) is 2.27. The molecule has 0 radical (unpaired) electrons. The number of carbonyl (C=O) groups is 3. The van der Waals surface area contributed by atoms with Crippen molar-refractivity contribution in [2.24, 2.45) is 0 Å². The summed E-state index contributed by atoms with van der Waals surface area (Å²) in [5, 5.41) is 3.43. The molecule has 6 nitrogen and oxygen atoms in total. The first-order valence-corrected chi connectivity index (χ1v) is 8.10. The van der Waals surface area contributed by atoms with E-state index in [1.807, 2.05) is 0 Å². The molecule has 0 aromatic heterocycles. The van der Waals surface area contributed by atoms with E-state index in [4.69, 9.17) is 23.2 Å². The quantitative estimate of drug-likeness (QED) is 0.697. The van der Waals surface area contributed by atoms with Crippen LogP contribution in [0.5, 0.6) is 0 Å². The third kappa shape index (κ3) is 6.10. The van der Waals surface area contributed by atoms with Gasteiger partial charge in [-0.2, -0.15) is 0 Å². The van der Waals surface area contributed by atoms with Crippen LogP contribution in [0.1, 0.15) is 23.2 Å². The molecular formula is C17H15Cl2N3O3. The van der Waals surface area contributed by atoms with Gasteiger partial charge in [0, 0.05) is 23.4 Å². The first-order chi connectivity index (χ1) is 12.0. The van der Waals surface area contributed by atoms with Crippen LogP contribution in [0.3, 0.4) is 0 Å². The van der Waals surface area contributed by atoms with E-state index >= 15 is 0 Å². The summed E-state index contributed by atoms with van der Waals surface area (Å²) in [5.41, 5.74) is 5.29. The fraction of sp³-hybridized carbons (Fsp3) is 0.118. The van der Waals surface area contributed by atoms with Gasteiger partial charge in [0.15, 0.2) is 0 Å². The van der Waals surface area contributed by atoms with Gasteiger partial charge in [-0.15, -0.1) is 0 Å². The van der Waals surface area contributed by atoms with Gasteiger partial charge in [-0.05, 0) is 30.3 Å². The Labute approximate surface area is 154 Å². The molecule has 0 heterocycles. The standard InChI is InChI=1S/C17H15Cl2N3O3/c18-12-5-3-4-11(10-12)17(25)22-21-16(24)9-8-15(23)20-14-7-2-1-6-13(14)19/h1-7,10H,8-9H2,(H,20,23)(H,21,24)(H,22,25). The second-order valence-electron chi connectivity index (χ2n) is 5.04. The lowest BCUT2D eigenvalue weighted by Gasteiger charge is -2.09. The number of para-hydroxylation sites is 1. The van der Waals surface area contributed by atoms with E-state index in [-0.39, 0.29) is 18.7 Å². The molecule has 0 atom stereocenters. The lowest BCUT2D eigenvalue weighted by atomic mass is 10.2. The second-order valence-corrected chi connectivity index (χ2v) is 5.88. The van der Waals surface area contributed by atoms with Crippen LogP contribution in [0.25, 0.3) is 0 Å². The molecule has 0 saturated carbocycles. The number of nitrogens with one attached hydrogen (secondary N) is 3. The highest BCUT2D eigenvalue weighted by Crippen LogP contribution is 2.20. The SMILES string of the molecule is O=C(CCC(=O)Nc1ccccc1Cl)NNC(=O)c1cccc(Cl)c1. The predicted octanol–water partition coefficient (Wildman–Crippen LogP) is 3.17. The highest BCUT2D eigenvalue weighted by atomic mass is 35.5. The number of halogens is 2. The van der Waals surface area contributed by atoms with Crippen molar-refractivity contribution in [2.45, 2.75) is 12.8 Å². The maximum atomic E-state index is 11.8. The molecule has 8 heteroatoms. The van der Waals surface area contributed by atoms with Crippen molar-refractivity contribution in [3.8, 4) is 0 Å². The van der Waals surface area contributed by atoms with Crippen molar-refractivity contribution in [1.82, 2.24) is 10.9 Å². The van der Waals surface area contributed by atoms with Crippen LogP contribution in [-0.4, -0.2) is 17.7 Å². The van der Waals surface area contributed by atoms with E-state index in [2.05, 4.69) is 16.2 Å². The van der Waals surface area contributed by atoms with E-state index in [0.29, 0.717) is 21.3 Å². The van der Waals surface area contributed by atoms with E-state index < -0.39 is 11.8 Å². The summed E-state index contributed by atoms with van der Waals surface area (Å²) >= 11 is 11.7. The van der Waals surface area contributed by atoms with Gasteiger partial charge in [-0.1, -0.05) is 41.4 Å². The van der Waals surface area contributed by atoms with Crippen molar-refractivity contribution >= 4 is 46.6 Å². The summed E-state index contributed by atoms with van der Waals surface area (Å²) in [6.07, 6.45) is -0.143. The Morgan fingerprint density at radius 1 is 0.840 bits per heavy atom. The van der Waals surface area contributed by atoms with E-state index in [9.17, 15) is 14.4 Å². The number of anilines is 1. The van der Waals surface area contributed by atoms with Crippen LogP contribution in [0.15, 0.2) is 48.5 Å². The van der Waals surface area contributed by atoms with Crippen LogP contribution in [0.4, 0.5) is 5.69 Å². The van der Waals surface area contributed by atoms with Gasteiger partial charge < -0.3 is 5.32 Å². The number of amides is 3. The van der Waals surface area contributed by atoms with Gasteiger partial charge in [-0.3, -0.25) is 25.2 Å². The minimum atomic E-state index is -0.503. The molecule has 2 rings (SSSR count). The zero-order chi connectivity index (χ0) is 18.2. The number of carbonyl (C=O) groups excluding carboxylic acids is 3. The van der Waals surface area contributed by atoms with Crippen LogP contribution >= 0.6 is 23.2 Å². The lowest BCUT2D eigenvalue weighted by molar-refractivity contribution is -0.124. The Balaban J connectivity index is 1.74. The molecule has 0 aliphatic heterocycles. The molecule has 0 unspecified atom stereocenters. The van der Waals surface area contributed by atoms with Crippen molar-refractivity contribution < 1.29 is 14.4 Å². The Bertz CT molecular complexity index is 796. The lowest BCUT2D eigenvalue weighted by Crippen LogP contribution is -2.41. The summed E-state index contributed by atoms with van der Waals surface area (Å²) in [6, 6.07) is 13.1. The van der Waals surface area contributed by atoms with Gasteiger partial charge >= 0.3 is 0 Å². The molecular weight excluding hydrogens is 365 g/mol. The van der Waals surface area contributed by atoms with Crippen LogP contribution < -0.4 is 16.2 Å². The van der Waals surface area contributed by atoms with Crippen LogP contribution in [-0.2, 0) is 9.59 Å². The average Bonchev–Trinajstić information content (AvgIpc) is 2.60. The molecule has 0 aliphatic rings. The molecule has 0 aliphatic carbocycles. The second kappa shape index (κ2) is 9.05. The van der Waals surface area contributed by atoms with Gasteiger partial charge in [0.25, 0.3) is 5.91 Å². The van der Waals surface area contributed by atoms with E-state index in [0.717, 1.165) is 0 Å². The minimum absolute atomic E-state index is 0.0515. The summed E-state index contributed by atoms with van der Waals surface area (Å²) in [6.45, 7) is 0. The molecule has 0 fully saturated rings. The summed E-state index contributed by atoms with van der Waals surface area (Å²) in [7, 11) is 0. The zero-order valence-electron chi connectivity index (χ0n) is 13.0. The topological polar surface area (TPSA) is 87.3 Å². The Morgan fingerprint density at radius 3 is 2.28 bits per heavy atom. The molecule has 0 spiro atoms. The zero-order valence-corrected chi connectivity index (χ0v) is 14.5. The summed E-state index contributed by atoms with van der Waals surface area (Å²) < 4.78 is 0. The first-order valence-electron chi connectivity index (χ1n) is 7.35. The van der Waals surface area contributed by atoms with E-state index in [1.54, 1.807) is 42.5 Å². The van der Waals surface area contributed by atoms with Crippen molar-refractivity contribution in [1.29, 1.82) is 0 Å². The number of hydrazine groups is 1. The largest absolute Gasteiger partial charge is 0.325 e. The number of rotatable bonds is 5. The normalized spacial score (nSPS) is 10.0. The van der Waals surface area contributed by atoms with Crippen LogP contribution in [0, 0.1) is 0 Å². The Kier molecular flexibility index (Phi) is 6.80. The van der Waals surface area contributed by atoms with Crippen molar-refractivity contribution in [3.63, 3.8) is 0 Å². The van der Waals surface area contributed by atoms with Crippen molar-refractivity contribution in [3.05, 3.63) is 64.1 Å². The van der Waals surface area contributed by atoms with Gasteiger partial charge in [-0.25, -0.2) is 0 Å². The number of benzene rings is 2. The Hall–Kier alpha value is -2.57. The van der Waals surface area contributed by atoms with Crippen LogP contribution in [0.2, 0.25) is 10.0 Å². The first kappa shape index (κ1) is 18.8. The number of hydrogen-bond donors (Lipinski definition) is 3. The summed E-state index contributed by atoms with van der Waals surface area (Å²) in [5.74, 6) is -1.36. The molecule has 0 bridgehead atoms. The highest BCUT2D eigenvalue weighted by molar-refractivity contribution is 6.33. The van der Waals surface area contributed by atoms with Gasteiger partial charge in [0.2, 0.25) is 11.8 Å². The Morgan fingerprint density at radius 2 is 1.56 bits per heavy atom. The smallest absolute Gasteiger partial charge is 0.269 e. The average molecular weight is 380 g/mol. The fourth-order valence-electron chi connectivity index (χ4n) is 1.89. The molecule has 2 aromatic carbocycles. The molecule has 2 aromatic rings. The monoisotopic (exact) mass is 379 g/mol. The molecule has 130 valence electrons. The highest BCUT2D eigenvalue weighted by Gasteiger charge is 2.11. The molecule has 3 N–H and O–H groups in total.